The highest BCUT2D eigenvalue weighted by molar-refractivity contribution is 14.0. The number of benzene rings is 2. The summed E-state index contributed by atoms with van der Waals surface area (Å²) < 4.78 is 22.6. The fourth-order valence-electron chi connectivity index (χ4n) is 3.07. The van der Waals surface area contributed by atoms with Gasteiger partial charge < -0.3 is 15.5 Å². The number of nitrogens with zero attached hydrogens (tertiary/aromatic N) is 2. The van der Waals surface area contributed by atoms with Gasteiger partial charge in [0.2, 0.25) is 10.0 Å². The third-order valence-electron chi connectivity index (χ3n) is 4.66. The smallest absolute Gasteiger partial charge is 0.238 e. The van der Waals surface area contributed by atoms with E-state index < -0.39 is 10.0 Å². The Kier molecular flexibility index (Phi) is 12.5. The van der Waals surface area contributed by atoms with Crippen LogP contribution in [0.25, 0.3) is 0 Å². The monoisotopic (exact) mass is 559 g/mol. The number of nitrogens with one attached hydrogen (secondary N) is 2. The normalized spacial score (nSPS) is 11.5. The number of hydrogen-bond donors (Lipinski definition) is 3. The quantitative estimate of drug-likeness (QED) is 0.170. The Labute approximate surface area is 203 Å². The second-order valence-electron chi connectivity index (χ2n) is 6.90. The lowest BCUT2D eigenvalue weighted by Gasteiger charge is -2.22. The third-order valence-corrected chi connectivity index (χ3v) is 5.59. The number of anilines is 1. The second kappa shape index (κ2) is 14.3. The van der Waals surface area contributed by atoms with Crippen molar-refractivity contribution in [3.8, 4) is 0 Å². The molecule has 0 aliphatic heterocycles. The van der Waals surface area contributed by atoms with Crippen LogP contribution in [0.1, 0.15) is 25.8 Å². The Balaban J connectivity index is 0.00000480. The van der Waals surface area contributed by atoms with Gasteiger partial charge in [-0.25, -0.2) is 13.6 Å². The first-order valence-corrected chi connectivity index (χ1v) is 11.9. The Bertz CT molecular complexity index is 890. The maximum Gasteiger partial charge on any atom is 0.238 e. The molecule has 7 nitrogen and oxygen atoms in total. The van der Waals surface area contributed by atoms with Crippen LogP contribution in [-0.4, -0.2) is 47.1 Å². The Morgan fingerprint density at radius 3 is 2.29 bits per heavy atom. The van der Waals surface area contributed by atoms with Crippen molar-refractivity contribution in [1.29, 1.82) is 0 Å². The van der Waals surface area contributed by atoms with Gasteiger partial charge in [0.05, 0.1) is 4.90 Å². The summed E-state index contributed by atoms with van der Waals surface area (Å²) >= 11 is 0. The molecular weight excluding hydrogens is 525 g/mol. The molecule has 172 valence electrons. The van der Waals surface area contributed by atoms with Crippen LogP contribution in [0.2, 0.25) is 0 Å². The standard InChI is InChI=1S/C22H33N5O2S.HI/c1-3-24-22(25-16-8-18-27(4-2)20-9-6-5-7-10-20)26-17-15-19-11-13-21(14-12-19)30(23,28)29;/h5-7,9-14H,3-4,8,15-18H2,1-2H3,(H2,23,28,29)(H2,24,25,26);1H. The molecule has 0 bridgehead atoms. The van der Waals surface area contributed by atoms with Crippen molar-refractivity contribution in [2.75, 3.05) is 37.6 Å². The summed E-state index contributed by atoms with van der Waals surface area (Å²) in [6.45, 7) is 8.36. The lowest BCUT2D eigenvalue weighted by molar-refractivity contribution is 0.598. The molecule has 2 aromatic rings. The van der Waals surface area contributed by atoms with Crippen LogP contribution in [0.3, 0.4) is 0 Å². The molecule has 0 fully saturated rings. The number of nitrogens with two attached hydrogens (primary N) is 1. The largest absolute Gasteiger partial charge is 0.372 e. The van der Waals surface area contributed by atoms with Crippen LogP contribution in [-0.2, 0) is 16.4 Å². The lowest BCUT2D eigenvalue weighted by atomic mass is 10.1. The minimum atomic E-state index is -3.65. The molecule has 31 heavy (non-hydrogen) atoms. The van der Waals surface area contributed by atoms with E-state index >= 15 is 0 Å². The van der Waals surface area contributed by atoms with Crippen molar-refractivity contribution in [2.45, 2.75) is 31.6 Å². The van der Waals surface area contributed by atoms with Gasteiger partial charge in [-0.15, -0.1) is 24.0 Å². The molecule has 0 aliphatic rings. The first-order chi connectivity index (χ1) is 14.4. The van der Waals surface area contributed by atoms with Gasteiger partial charge in [0.25, 0.3) is 0 Å². The maximum absolute atomic E-state index is 11.3. The summed E-state index contributed by atoms with van der Waals surface area (Å²) in [6, 6.07) is 17.1. The Morgan fingerprint density at radius 1 is 1.03 bits per heavy atom. The van der Waals surface area contributed by atoms with Crippen LogP contribution in [0.4, 0.5) is 5.69 Å². The molecule has 0 saturated carbocycles. The van der Waals surface area contributed by atoms with Crippen LogP contribution in [0, 0.1) is 0 Å². The number of primary sulfonamides is 1. The van der Waals surface area contributed by atoms with Crippen molar-refractivity contribution >= 4 is 45.6 Å². The number of aliphatic imine (C=N–C) groups is 1. The number of sulfonamides is 1. The van der Waals surface area contributed by atoms with Crippen molar-refractivity contribution < 1.29 is 8.42 Å². The number of halogens is 1. The highest BCUT2D eigenvalue weighted by Gasteiger charge is 2.07. The van der Waals surface area contributed by atoms with Gasteiger partial charge in [-0.1, -0.05) is 30.3 Å². The average Bonchev–Trinajstić information content (AvgIpc) is 2.74. The predicted octanol–water partition coefficient (Wildman–Crippen LogP) is 2.97. The van der Waals surface area contributed by atoms with Crippen molar-refractivity contribution in [1.82, 2.24) is 10.6 Å². The van der Waals surface area contributed by atoms with E-state index in [9.17, 15) is 8.42 Å². The first-order valence-electron chi connectivity index (χ1n) is 10.4. The van der Waals surface area contributed by atoms with E-state index in [1.165, 1.54) is 17.8 Å². The van der Waals surface area contributed by atoms with Gasteiger partial charge in [0.15, 0.2) is 5.96 Å². The molecular formula is C22H34IN5O2S. The van der Waals surface area contributed by atoms with Gasteiger partial charge in [0.1, 0.15) is 0 Å². The molecule has 0 aromatic heterocycles. The van der Waals surface area contributed by atoms with Gasteiger partial charge in [-0.05, 0) is 56.5 Å². The van der Waals surface area contributed by atoms with Gasteiger partial charge in [-0.3, -0.25) is 4.99 Å². The Morgan fingerprint density at radius 2 is 1.71 bits per heavy atom. The summed E-state index contributed by atoms with van der Waals surface area (Å²) in [7, 11) is -3.65. The zero-order valence-electron chi connectivity index (χ0n) is 18.3. The fraction of sp³-hybridized carbons (Fsp3) is 0.409. The van der Waals surface area contributed by atoms with E-state index in [4.69, 9.17) is 5.14 Å². The van der Waals surface area contributed by atoms with E-state index in [2.05, 4.69) is 51.7 Å². The van der Waals surface area contributed by atoms with Crippen LogP contribution < -0.4 is 20.7 Å². The average molecular weight is 560 g/mol. The lowest BCUT2D eigenvalue weighted by Crippen LogP contribution is -2.38. The van der Waals surface area contributed by atoms with E-state index in [1.807, 2.05) is 13.0 Å². The van der Waals surface area contributed by atoms with Gasteiger partial charge >= 0.3 is 0 Å². The topological polar surface area (TPSA) is 99.8 Å². The maximum atomic E-state index is 11.3. The zero-order chi connectivity index (χ0) is 21.8. The molecule has 0 spiro atoms. The molecule has 0 aliphatic carbocycles. The molecule has 4 N–H and O–H groups in total. The van der Waals surface area contributed by atoms with Crippen molar-refractivity contribution in [3.05, 3.63) is 60.2 Å². The number of rotatable bonds is 11. The SMILES string of the molecule is CCNC(=NCCCN(CC)c1ccccc1)NCCc1ccc(S(N)(=O)=O)cc1.I. The second-order valence-corrected chi connectivity index (χ2v) is 8.46. The van der Waals surface area contributed by atoms with E-state index in [-0.39, 0.29) is 28.9 Å². The molecule has 0 radical (unpaired) electrons. The summed E-state index contributed by atoms with van der Waals surface area (Å²) in [5.74, 6) is 0.793. The minimum Gasteiger partial charge on any atom is -0.372 e. The first kappa shape index (κ1) is 27.2. The number of hydrogen-bond acceptors (Lipinski definition) is 4. The predicted molar refractivity (Wildman–Crippen MR) is 140 cm³/mol. The van der Waals surface area contributed by atoms with E-state index in [1.54, 1.807) is 12.1 Å². The summed E-state index contributed by atoms with van der Waals surface area (Å²) in [5.41, 5.74) is 2.27. The highest BCUT2D eigenvalue weighted by Crippen LogP contribution is 2.13. The van der Waals surface area contributed by atoms with Crippen molar-refractivity contribution in [3.63, 3.8) is 0 Å². The number of guanidine groups is 1. The molecule has 2 rings (SSSR count). The molecule has 0 amide bonds. The molecule has 2 aromatic carbocycles. The molecule has 0 saturated heterocycles. The number of para-hydroxylation sites is 1. The van der Waals surface area contributed by atoms with Crippen LogP contribution >= 0.6 is 24.0 Å². The summed E-state index contributed by atoms with van der Waals surface area (Å²) in [4.78, 5) is 7.14. The molecule has 9 heteroatoms. The molecule has 0 atom stereocenters. The minimum absolute atomic E-state index is 0. The molecule has 0 heterocycles. The van der Waals surface area contributed by atoms with Crippen LogP contribution in [0.15, 0.2) is 64.5 Å². The van der Waals surface area contributed by atoms with E-state index in [0.717, 1.165) is 50.5 Å². The van der Waals surface area contributed by atoms with Crippen molar-refractivity contribution in [2.24, 2.45) is 10.1 Å². The summed E-state index contributed by atoms with van der Waals surface area (Å²) in [6.07, 6.45) is 1.72. The van der Waals surface area contributed by atoms with Gasteiger partial charge in [0, 0.05) is 38.4 Å². The van der Waals surface area contributed by atoms with Crippen LogP contribution in [0.5, 0.6) is 0 Å². The Hall–Kier alpha value is -1.85. The zero-order valence-corrected chi connectivity index (χ0v) is 21.4. The highest BCUT2D eigenvalue weighted by atomic mass is 127. The molecule has 0 unspecified atom stereocenters. The fourth-order valence-corrected chi connectivity index (χ4v) is 3.59. The summed E-state index contributed by atoms with van der Waals surface area (Å²) in [5, 5.41) is 11.7. The van der Waals surface area contributed by atoms with E-state index in [0.29, 0.717) is 6.54 Å². The third kappa shape index (κ3) is 9.88. The van der Waals surface area contributed by atoms with Gasteiger partial charge in [-0.2, -0.15) is 0 Å².